The summed E-state index contributed by atoms with van der Waals surface area (Å²) in [6.07, 6.45) is -0.880. The quantitative estimate of drug-likeness (QED) is 0.313. The number of rotatable bonds is 10. The summed E-state index contributed by atoms with van der Waals surface area (Å²) in [6.45, 7) is -1.09. The van der Waals surface area contributed by atoms with Crippen LogP contribution in [0.15, 0.2) is 45.7 Å². The van der Waals surface area contributed by atoms with Gasteiger partial charge in [-0.1, -0.05) is 0 Å². The average Bonchev–Trinajstić information content (AvgIpc) is 3.08. The smallest absolute Gasteiger partial charge is 0.243 e. The van der Waals surface area contributed by atoms with Gasteiger partial charge in [0.05, 0.1) is 30.8 Å². The van der Waals surface area contributed by atoms with Crippen LogP contribution >= 0.6 is 0 Å². The highest BCUT2D eigenvalue weighted by Crippen LogP contribution is 2.32. The number of sulfonamides is 1. The van der Waals surface area contributed by atoms with Crippen LogP contribution in [-0.2, 0) is 10.0 Å². The maximum atomic E-state index is 12.9. The maximum absolute atomic E-state index is 12.9. The third kappa shape index (κ3) is 4.53. The molecule has 0 aliphatic rings. The van der Waals surface area contributed by atoms with Crippen LogP contribution in [0.5, 0.6) is 0 Å². The van der Waals surface area contributed by atoms with E-state index in [9.17, 15) is 13.5 Å². The number of aliphatic hydroxyl groups excluding tert-OH is 4. The highest BCUT2D eigenvalue weighted by molar-refractivity contribution is 7.89. The molecule has 29 heavy (non-hydrogen) atoms. The van der Waals surface area contributed by atoms with Gasteiger partial charge in [-0.05, 0) is 30.3 Å². The molecule has 0 bridgehead atoms. The molecule has 3 aromatic rings. The van der Waals surface area contributed by atoms with Gasteiger partial charge in [0.25, 0.3) is 0 Å². The predicted molar refractivity (Wildman–Crippen MR) is 108 cm³/mol. The molecule has 0 spiro atoms. The lowest BCUT2D eigenvalue weighted by Gasteiger charge is -2.20. The van der Waals surface area contributed by atoms with Gasteiger partial charge in [-0.15, -0.1) is 0 Å². The minimum absolute atomic E-state index is 0.0443. The van der Waals surface area contributed by atoms with E-state index in [1.165, 1.54) is 12.1 Å². The van der Waals surface area contributed by atoms with E-state index in [2.05, 4.69) is 5.32 Å². The van der Waals surface area contributed by atoms with E-state index in [-0.39, 0.29) is 44.4 Å². The molecule has 0 amide bonds. The van der Waals surface area contributed by atoms with Crippen molar-refractivity contribution in [3.63, 3.8) is 0 Å². The first-order chi connectivity index (χ1) is 13.9. The molecule has 0 aliphatic heterocycles. The van der Waals surface area contributed by atoms with Crippen molar-refractivity contribution in [1.82, 2.24) is 4.31 Å². The Bertz CT molecular complexity index is 1070. The number of fused-ring (bicyclic) bond motifs is 3. The molecule has 0 radical (unpaired) electrons. The van der Waals surface area contributed by atoms with Crippen LogP contribution in [0.25, 0.3) is 21.9 Å². The number of anilines is 1. The second-order valence-corrected chi connectivity index (χ2v) is 8.48. The monoisotopic (exact) mass is 424 g/mol. The van der Waals surface area contributed by atoms with Crippen molar-refractivity contribution >= 4 is 37.6 Å². The van der Waals surface area contributed by atoms with Crippen LogP contribution in [0.1, 0.15) is 0 Å². The molecule has 1 heterocycles. The van der Waals surface area contributed by atoms with E-state index < -0.39 is 16.1 Å². The molecule has 0 saturated heterocycles. The predicted octanol–water partition coefficient (Wildman–Crippen LogP) is 0.326. The Labute approximate surface area is 167 Å². The molecule has 10 heteroatoms. The molecular weight excluding hydrogens is 400 g/mol. The van der Waals surface area contributed by atoms with Crippen molar-refractivity contribution in [3.8, 4) is 0 Å². The van der Waals surface area contributed by atoms with Crippen LogP contribution in [0.3, 0.4) is 0 Å². The van der Waals surface area contributed by atoms with Gasteiger partial charge in [0.15, 0.2) is 0 Å². The summed E-state index contributed by atoms with van der Waals surface area (Å²) in [6, 6.07) is 9.80. The first-order valence-electron chi connectivity index (χ1n) is 9.11. The molecule has 5 N–H and O–H groups in total. The molecular formula is C19H24N2O7S. The summed E-state index contributed by atoms with van der Waals surface area (Å²) in [4.78, 5) is 0.0443. The number of hydrogen-bond donors (Lipinski definition) is 5. The Morgan fingerprint density at radius 2 is 1.69 bits per heavy atom. The Morgan fingerprint density at radius 3 is 2.34 bits per heavy atom. The van der Waals surface area contributed by atoms with Crippen LogP contribution < -0.4 is 5.32 Å². The fourth-order valence-corrected chi connectivity index (χ4v) is 4.50. The van der Waals surface area contributed by atoms with Crippen molar-refractivity contribution in [2.24, 2.45) is 0 Å². The largest absolute Gasteiger partial charge is 0.456 e. The summed E-state index contributed by atoms with van der Waals surface area (Å²) in [5.74, 6) is 0. The summed E-state index contributed by atoms with van der Waals surface area (Å²) in [7, 11) is -3.88. The normalized spacial score (nSPS) is 13.4. The number of nitrogens with one attached hydrogen (secondary N) is 1. The van der Waals surface area contributed by atoms with Gasteiger partial charge in [0.2, 0.25) is 10.0 Å². The van der Waals surface area contributed by atoms with Crippen LogP contribution in [0.2, 0.25) is 0 Å². The Balaban J connectivity index is 1.97. The lowest BCUT2D eigenvalue weighted by Crippen LogP contribution is -2.35. The van der Waals surface area contributed by atoms with E-state index in [0.29, 0.717) is 22.2 Å². The Hall–Kier alpha value is -2.21. The molecule has 158 valence electrons. The molecule has 1 atom stereocenters. The number of aliphatic hydroxyl groups is 4. The fourth-order valence-electron chi connectivity index (χ4n) is 3.05. The summed E-state index contributed by atoms with van der Waals surface area (Å²) < 4.78 is 32.6. The number of nitrogens with zero attached hydrogens (tertiary/aromatic N) is 1. The van der Waals surface area contributed by atoms with Crippen molar-refractivity contribution in [2.45, 2.75) is 11.0 Å². The molecule has 0 fully saturated rings. The second-order valence-electron chi connectivity index (χ2n) is 6.54. The zero-order valence-electron chi connectivity index (χ0n) is 15.7. The van der Waals surface area contributed by atoms with E-state index in [4.69, 9.17) is 19.7 Å². The Morgan fingerprint density at radius 1 is 0.966 bits per heavy atom. The van der Waals surface area contributed by atoms with Gasteiger partial charge in [-0.2, -0.15) is 4.31 Å². The van der Waals surface area contributed by atoms with Crippen LogP contribution in [0.4, 0.5) is 5.69 Å². The zero-order valence-corrected chi connectivity index (χ0v) is 16.5. The number of hydrogen-bond acceptors (Lipinski definition) is 8. The Kier molecular flexibility index (Phi) is 6.73. The van der Waals surface area contributed by atoms with Crippen molar-refractivity contribution in [1.29, 1.82) is 0 Å². The summed E-state index contributed by atoms with van der Waals surface area (Å²) in [5, 5.41) is 40.9. The topological polar surface area (TPSA) is 143 Å². The number of benzene rings is 2. The van der Waals surface area contributed by atoms with Crippen molar-refractivity contribution < 1.29 is 33.3 Å². The standard InChI is InChI=1S/C19H24N2O7S/c22-7-5-21(6-8-23)29(26,27)15-2-4-18-17(10-15)16-3-1-13(9-19(16)28-18)20-11-14(25)12-24/h1-4,9-10,14,20,22-25H,5-8,11-12H2. The third-order valence-corrected chi connectivity index (χ3v) is 6.43. The van der Waals surface area contributed by atoms with Gasteiger partial charge in [-0.3, -0.25) is 0 Å². The fraction of sp³-hybridized carbons (Fsp3) is 0.368. The molecule has 1 unspecified atom stereocenters. The van der Waals surface area contributed by atoms with Crippen molar-refractivity contribution in [2.75, 3.05) is 44.8 Å². The second kappa shape index (κ2) is 9.08. The van der Waals surface area contributed by atoms with E-state index in [1.54, 1.807) is 24.3 Å². The minimum Gasteiger partial charge on any atom is -0.456 e. The molecule has 0 saturated carbocycles. The SMILES string of the molecule is O=S(=O)(c1ccc2oc3cc(NCC(O)CO)ccc3c2c1)N(CCO)CCO. The first-order valence-corrected chi connectivity index (χ1v) is 10.6. The van der Waals surface area contributed by atoms with Crippen LogP contribution in [-0.4, -0.2) is 78.7 Å². The van der Waals surface area contributed by atoms with E-state index in [1.807, 2.05) is 0 Å². The van der Waals surface area contributed by atoms with Crippen LogP contribution in [0, 0.1) is 0 Å². The van der Waals surface area contributed by atoms with Gasteiger partial charge >= 0.3 is 0 Å². The molecule has 2 aromatic carbocycles. The highest BCUT2D eigenvalue weighted by Gasteiger charge is 2.24. The van der Waals surface area contributed by atoms with Gasteiger partial charge in [0, 0.05) is 42.2 Å². The minimum atomic E-state index is -3.88. The van der Waals surface area contributed by atoms with E-state index >= 15 is 0 Å². The third-order valence-electron chi connectivity index (χ3n) is 4.53. The maximum Gasteiger partial charge on any atom is 0.243 e. The zero-order chi connectivity index (χ0) is 21.0. The van der Waals surface area contributed by atoms with Gasteiger partial charge < -0.3 is 30.2 Å². The average molecular weight is 424 g/mol. The van der Waals surface area contributed by atoms with E-state index in [0.717, 1.165) is 9.69 Å². The molecule has 3 rings (SSSR count). The highest BCUT2D eigenvalue weighted by atomic mass is 32.2. The summed E-state index contributed by atoms with van der Waals surface area (Å²) >= 11 is 0. The van der Waals surface area contributed by atoms with Gasteiger partial charge in [-0.25, -0.2) is 8.42 Å². The molecule has 1 aromatic heterocycles. The lowest BCUT2D eigenvalue weighted by molar-refractivity contribution is 0.105. The lowest BCUT2D eigenvalue weighted by atomic mass is 10.1. The first kappa shape index (κ1) is 21.5. The molecule has 0 aliphatic carbocycles. The van der Waals surface area contributed by atoms with Crippen molar-refractivity contribution in [3.05, 3.63) is 36.4 Å². The number of furan rings is 1. The molecule has 9 nitrogen and oxygen atoms in total. The summed E-state index contributed by atoms with van der Waals surface area (Å²) in [5.41, 5.74) is 1.75. The van der Waals surface area contributed by atoms with Gasteiger partial charge in [0.1, 0.15) is 11.2 Å².